The van der Waals surface area contributed by atoms with Gasteiger partial charge in [-0.3, -0.25) is 4.57 Å². The van der Waals surface area contributed by atoms with E-state index in [1.807, 2.05) is 6.07 Å². The minimum absolute atomic E-state index is 0.125. The quantitative estimate of drug-likeness (QED) is 0.913. The molecular weight excluding hydrogens is 266 g/mol. The molecule has 0 aliphatic heterocycles. The van der Waals surface area contributed by atoms with Crippen molar-refractivity contribution in [2.75, 3.05) is 12.4 Å². The maximum absolute atomic E-state index is 12.7. The number of nitriles is 1. The van der Waals surface area contributed by atoms with Crippen molar-refractivity contribution in [3.63, 3.8) is 0 Å². The van der Waals surface area contributed by atoms with E-state index in [1.54, 1.807) is 18.2 Å². The van der Waals surface area contributed by atoms with Crippen molar-refractivity contribution in [1.82, 2.24) is 9.55 Å². The highest BCUT2D eigenvalue weighted by molar-refractivity contribution is 5.59. The largest absolute Gasteiger partial charge is 0.495 e. The zero-order valence-electron chi connectivity index (χ0n) is 10.7. The number of nitrogens with zero attached hydrogens (tertiary/aromatic N) is 3. The maximum Gasteiger partial charge on any atom is 0.319 e. The highest BCUT2D eigenvalue weighted by atomic mass is 19.3. The molecule has 0 fully saturated rings. The molecule has 0 bridgehead atoms. The Morgan fingerprint density at radius 3 is 2.95 bits per heavy atom. The Labute approximate surface area is 114 Å². The molecule has 1 aromatic carbocycles. The van der Waals surface area contributed by atoms with Gasteiger partial charge in [0.05, 0.1) is 31.0 Å². The van der Waals surface area contributed by atoms with Crippen LogP contribution >= 0.6 is 0 Å². The average Bonchev–Trinajstić information content (AvgIpc) is 2.93. The molecule has 0 aliphatic rings. The number of hydrogen-bond donors (Lipinski definition) is 1. The minimum atomic E-state index is -2.63. The summed E-state index contributed by atoms with van der Waals surface area (Å²) in [7, 11) is 1.47. The molecule has 104 valence electrons. The van der Waals surface area contributed by atoms with Crippen LogP contribution in [-0.4, -0.2) is 16.7 Å². The van der Waals surface area contributed by atoms with Gasteiger partial charge in [-0.05, 0) is 12.1 Å². The van der Waals surface area contributed by atoms with Gasteiger partial charge in [0.1, 0.15) is 11.6 Å². The first-order valence-electron chi connectivity index (χ1n) is 5.77. The third-order valence-electron chi connectivity index (χ3n) is 2.73. The zero-order chi connectivity index (χ0) is 14.5. The Kier molecular flexibility index (Phi) is 4.15. The highest BCUT2D eigenvalue weighted by Crippen LogP contribution is 2.26. The lowest BCUT2D eigenvalue weighted by Gasteiger charge is -2.12. The van der Waals surface area contributed by atoms with Gasteiger partial charge in [0.25, 0.3) is 0 Å². The lowest BCUT2D eigenvalue weighted by molar-refractivity contribution is 0.0673. The van der Waals surface area contributed by atoms with Crippen LogP contribution in [0.1, 0.15) is 17.9 Å². The predicted molar refractivity (Wildman–Crippen MR) is 68.5 cm³/mol. The molecule has 0 aliphatic carbocycles. The molecule has 2 aromatic rings. The Hall–Kier alpha value is -2.62. The van der Waals surface area contributed by atoms with Crippen molar-refractivity contribution in [2.45, 2.75) is 13.1 Å². The molecule has 0 radical (unpaired) electrons. The van der Waals surface area contributed by atoms with Crippen LogP contribution in [0.5, 0.6) is 5.75 Å². The van der Waals surface area contributed by atoms with Gasteiger partial charge in [0, 0.05) is 18.5 Å². The summed E-state index contributed by atoms with van der Waals surface area (Å²) in [5.41, 5.74) is 1.07. The van der Waals surface area contributed by atoms with E-state index in [-0.39, 0.29) is 12.4 Å². The third kappa shape index (κ3) is 2.85. The summed E-state index contributed by atoms with van der Waals surface area (Å²) >= 11 is 0. The van der Waals surface area contributed by atoms with Crippen molar-refractivity contribution in [3.8, 4) is 11.8 Å². The monoisotopic (exact) mass is 278 g/mol. The fourth-order valence-corrected chi connectivity index (χ4v) is 1.74. The van der Waals surface area contributed by atoms with E-state index >= 15 is 0 Å². The number of halogens is 2. The second kappa shape index (κ2) is 6.02. The van der Waals surface area contributed by atoms with Crippen LogP contribution in [0.2, 0.25) is 0 Å². The van der Waals surface area contributed by atoms with E-state index < -0.39 is 6.55 Å². The molecule has 0 unspecified atom stereocenters. The summed E-state index contributed by atoms with van der Waals surface area (Å²) in [6.45, 7) is -2.50. The molecule has 0 amide bonds. The smallest absolute Gasteiger partial charge is 0.319 e. The number of ether oxygens (including phenoxy) is 1. The van der Waals surface area contributed by atoms with Crippen molar-refractivity contribution >= 4 is 5.69 Å². The van der Waals surface area contributed by atoms with E-state index in [0.717, 1.165) is 4.57 Å². The molecule has 2 rings (SSSR count). The topological polar surface area (TPSA) is 62.9 Å². The summed E-state index contributed by atoms with van der Waals surface area (Å²) in [5, 5.41) is 11.8. The van der Waals surface area contributed by atoms with Gasteiger partial charge in [0.15, 0.2) is 0 Å². The van der Waals surface area contributed by atoms with Crippen LogP contribution in [-0.2, 0) is 6.54 Å². The number of aromatic nitrogens is 2. The number of anilines is 1. The molecule has 7 heteroatoms. The Morgan fingerprint density at radius 1 is 1.50 bits per heavy atom. The Balaban J connectivity index is 2.15. The Morgan fingerprint density at radius 2 is 2.30 bits per heavy atom. The second-order valence-corrected chi connectivity index (χ2v) is 3.91. The molecule has 1 aromatic heterocycles. The number of alkyl halides is 2. The first-order chi connectivity index (χ1) is 9.65. The zero-order valence-corrected chi connectivity index (χ0v) is 10.7. The lowest BCUT2D eigenvalue weighted by atomic mass is 10.2. The van der Waals surface area contributed by atoms with Crippen molar-refractivity contribution in [1.29, 1.82) is 5.26 Å². The average molecular weight is 278 g/mol. The van der Waals surface area contributed by atoms with Crippen LogP contribution in [0.25, 0.3) is 0 Å². The molecule has 1 N–H and O–H groups in total. The van der Waals surface area contributed by atoms with Gasteiger partial charge in [-0.15, -0.1) is 0 Å². The maximum atomic E-state index is 12.7. The number of benzene rings is 1. The molecule has 5 nitrogen and oxygen atoms in total. The number of nitrogens with one attached hydrogen (secondary N) is 1. The summed E-state index contributed by atoms with van der Waals surface area (Å²) in [4.78, 5) is 3.87. The Bertz CT molecular complexity index is 634. The first-order valence-corrected chi connectivity index (χ1v) is 5.77. The SMILES string of the molecule is COc1cc(C#N)ccc1NCc1nccn1C(F)F. The van der Waals surface area contributed by atoms with Crippen LogP contribution in [0.4, 0.5) is 14.5 Å². The van der Waals surface area contributed by atoms with Gasteiger partial charge < -0.3 is 10.1 Å². The van der Waals surface area contributed by atoms with Gasteiger partial charge >= 0.3 is 6.55 Å². The lowest BCUT2D eigenvalue weighted by Crippen LogP contribution is -2.09. The first kappa shape index (κ1) is 13.8. The molecular formula is C13H12F2N4O. The summed E-state index contributed by atoms with van der Waals surface area (Å²) in [6.07, 6.45) is 2.54. The van der Waals surface area contributed by atoms with E-state index in [0.29, 0.717) is 17.0 Å². The van der Waals surface area contributed by atoms with Gasteiger partial charge in [-0.1, -0.05) is 0 Å². The molecule has 0 spiro atoms. The highest BCUT2D eigenvalue weighted by Gasteiger charge is 2.12. The van der Waals surface area contributed by atoms with Crippen LogP contribution in [0, 0.1) is 11.3 Å². The number of methoxy groups -OCH3 is 1. The van der Waals surface area contributed by atoms with Crippen molar-refractivity contribution in [2.24, 2.45) is 0 Å². The van der Waals surface area contributed by atoms with E-state index in [1.165, 1.54) is 19.5 Å². The third-order valence-corrected chi connectivity index (χ3v) is 2.73. The summed E-state index contributed by atoms with van der Waals surface area (Å²) < 4.78 is 31.3. The molecule has 20 heavy (non-hydrogen) atoms. The van der Waals surface area contributed by atoms with E-state index in [2.05, 4.69) is 10.3 Å². The van der Waals surface area contributed by atoms with Gasteiger partial charge in [-0.2, -0.15) is 14.0 Å². The fraction of sp³-hybridized carbons (Fsp3) is 0.231. The molecule has 0 atom stereocenters. The molecule has 1 heterocycles. The minimum Gasteiger partial charge on any atom is -0.495 e. The molecule has 0 saturated heterocycles. The van der Waals surface area contributed by atoms with Crippen molar-refractivity contribution < 1.29 is 13.5 Å². The fourth-order valence-electron chi connectivity index (χ4n) is 1.74. The molecule has 0 saturated carbocycles. The summed E-state index contributed by atoms with van der Waals surface area (Å²) in [6, 6.07) is 6.85. The van der Waals surface area contributed by atoms with Crippen LogP contribution in [0.15, 0.2) is 30.6 Å². The number of hydrogen-bond acceptors (Lipinski definition) is 4. The van der Waals surface area contributed by atoms with Gasteiger partial charge in [0.2, 0.25) is 0 Å². The van der Waals surface area contributed by atoms with E-state index in [4.69, 9.17) is 10.00 Å². The summed E-state index contributed by atoms with van der Waals surface area (Å²) in [5.74, 6) is 0.686. The standard InChI is InChI=1S/C13H12F2N4O/c1-20-11-6-9(7-16)2-3-10(11)18-8-12-17-4-5-19(12)13(14)15/h2-6,13,18H,8H2,1H3. The van der Waals surface area contributed by atoms with Gasteiger partial charge in [-0.25, -0.2) is 4.98 Å². The van der Waals surface area contributed by atoms with Crippen molar-refractivity contribution in [3.05, 3.63) is 42.0 Å². The van der Waals surface area contributed by atoms with E-state index in [9.17, 15) is 8.78 Å². The predicted octanol–water partition coefficient (Wildman–Crippen LogP) is 2.77. The normalized spacial score (nSPS) is 10.3. The second-order valence-electron chi connectivity index (χ2n) is 3.91. The number of rotatable bonds is 5. The van der Waals surface area contributed by atoms with Crippen LogP contribution < -0.4 is 10.1 Å². The number of imidazole rings is 1. The van der Waals surface area contributed by atoms with Crippen LogP contribution in [0.3, 0.4) is 0 Å².